The Morgan fingerprint density at radius 3 is 2.83 bits per heavy atom. The van der Waals surface area contributed by atoms with Crippen LogP contribution >= 0.6 is 0 Å². The summed E-state index contributed by atoms with van der Waals surface area (Å²) in [5, 5.41) is 0. The van der Waals surface area contributed by atoms with Gasteiger partial charge >= 0.3 is 0 Å². The molecule has 3 rings (SSSR count). The number of pyridine rings is 1. The standard InChI is InChI=1S/C13H13N5/c1-17(2)13-14-7-6-10(16-13)11-9-15-12-5-3-4-8-18(11)12/h3-9H,1-2H3. The Kier molecular flexibility index (Phi) is 2.44. The molecule has 0 aliphatic heterocycles. The fraction of sp³-hybridized carbons (Fsp3) is 0.154. The second-order valence-corrected chi connectivity index (χ2v) is 4.21. The van der Waals surface area contributed by atoms with E-state index in [-0.39, 0.29) is 0 Å². The molecule has 0 amide bonds. The van der Waals surface area contributed by atoms with Gasteiger partial charge in [-0.25, -0.2) is 15.0 Å². The van der Waals surface area contributed by atoms with Gasteiger partial charge in [0, 0.05) is 26.5 Å². The van der Waals surface area contributed by atoms with E-state index in [4.69, 9.17) is 0 Å². The van der Waals surface area contributed by atoms with Crippen LogP contribution in [0.3, 0.4) is 0 Å². The molecule has 0 aliphatic rings. The van der Waals surface area contributed by atoms with Gasteiger partial charge in [0.15, 0.2) is 0 Å². The molecule has 90 valence electrons. The van der Waals surface area contributed by atoms with Gasteiger partial charge < -0.3 is 4.90 Å². The molecular weight excluding hydrogens is 226 g/mol. The van der Waals surface area contributed by atoms with Crippen molar-refractivity contribution in [2.75, 3.05) is 19.0 Å². The number of fused-ring (bicyclic) bond motifs is 1. The SMILES string of the molecule is CN(C)c1nccc(-c2cnc3ccccn23)n1. The Balaban J connectivity index is 2.17. The lowest BCUT2D eigenvalue weighted by atomic mass is 10.3. The molecule has 3 aromatic heterocycles. The van der Waals surface area contributed by atoms with Crippen LogP contribution in [0.5, 0.6) is 0 Å². The molecule has 3 aromatic rings. The lowest BCUT2D eigenvalue weighted by Crippen LogP contribution is -2.12. The van der Waals surface area contributed by atoms with Crippen molar-refractivity contribution < 1.29 is 0 Å². The Bertz CT molecular complexity index is 686. The first-order chi connectivity index (χ1) is 8.75. The van der Waals surface area contributed by atoms with E-state index in [9.17, 15) is 0 Å². The van der Waals surface area contributed by atoms with Crippen molar-refractivity contribution in [3.8, 4) is 11.4 Å². The first kappa shape index (κ1) is 10.7. The smallest absolute Gasteiger partial charge is 0.225 e. The van der Waals surface area contributed by atoms with Gasteiger partial charge in [-0.15, -0.1) is 0 Å². The second-order valence-electron chi connectivity index (χ2n) is 4.21. The van der Waals surface area contributed by atoms with Crippen LogP contribution in [0.2, 0.25) is 0 Å². The van der Waals surface area contributed by atoms with Crippen LogP contribution in [-0.2, 0) is 0 Å². The highest BCUT2D eigenvalue weighted by atomic mass is 15.2. The van der Waals surface area contributed by atoms with Crippen LogP contribution < -0.4 is 4.90 Å². The number of hydrogen-bond donors (Lipinski definition) is 0. The molecule has 5 nitrogen and oxygen atoms in total. The topological polar surface area (TPSA) is 46.3 Å². The average Bonchev–Trinajstić information content (AvgIpc) is 2.82. The molecule has 0 saturated carbocycles. The summed E-state index contributed by atoms with van der Waals surface area (Å²) in [5.74, 6) is 0.693. The predicted molar refractivity (Wildman–Crippen MR) is 70.5 cm³/mol. The fourth-order valence-corrected chi connectivity index (χ4v) is 1.83. The Hall–Kier alpha value is -2.43. The molecule has 0 N–H and O–H groups in total. The van der Waals surface area contributed by atoms with Crippen molar-refractivity contribution >= 4 is 11.6 Å². The molecule has 0 spiro atoms. The van der Waals surface area contributed by atoms with Crippen LogP contribution in [-0.4, -0.2) is 33.4 Å². The minimum atomic E-state index is 0.693. The predicted octanol–water partition coefficient (Wildman–Crippen LogP) is 1.86. The van der Waals surface area contributed by atoms with E-state index >= 15 is 0 Å². The van der Waals surface area contributed by atoms with Crippen molar-refractivity contribution in [3.05, 3.63) is 42.9 Å². The summed E-state index contributed by atoms with van der Waals surface area (Å²) in [6, 6.07) is 7.81. The molecule has 18 heavy (non-hydrogen) atoms. The lowest BCUT2D eigenvalue weighted by Gasteiger charge is -2.10. The molecule has 0 unspecified atom stereocenters. The number of anilines is 1. The number of aromatic nitrogens is 4. The van der Waals surface area contributed by atoms with Gasteiger partial charge in [0.2, 0.25) is 5.95 Å². The summed E-state index contributed by atoms with van der Waals surface area (Å²) < 4.78 is 2.02. The summed E-state index contributed by atoms with van der Waals surface area (Å²) >= 11 is 0. The van der Waals surface area contributed by atoms with Crippen molar-refractivity contribution in [2.45, 2.75) is 0 Å². The van der Waals surface area contributed by atoms with Crippen molar-refractivity contribution in [1.82, 2.24) is 19.4 Å². The maximum atomic E-state index is 4.52. The Morgan fingerprint density at radius 2 is 2.00 bits per heavy atom. The lowest BCUT2D eigenvalue weighted by molar-refractivity contribution is 0.996. The number of imidazole rings is 1. The van der Waals surface area contributed by atoms with E-state index in [0.717, 1.165) is 17.0 Å². The Morgan fingerprint density at radius 1 is 1.11 bits per heavy atom. The molecule has 0 aromatic carbocycles. The molecule has 0 atom stereocenters. The van der Waals surface area contributed by atoms with Crippen molar-refractivity contribution in [1.29, 1.82) is 0 Å². The number of rotatable bonds is 2. The van der Waals surface area contributed by atoms with Gasteiger partial charge in [-0.3, -0.25) is 4.40 Å². The van der Waals surface area contributed by atoms with E-state index in [1.165, 1.54) is 0 Å². The second kappa shape index (κ2) is 4.10. The normalized spacial score (nSPS) is 10.8. The molecule has 3 heterocycles. The molecular formula is C13H13N5. The third-order valence-corrected chi connectivity index (χ3v) is 2.72. The minimum Gasteiger partial charge on any atom is -0.347 e. The van der Waals surface area contributed by atoms with E-state index in [0.29, 0.717) is 5.95 Å². The maximum absolute atomic E-state index is 4.52. The third kappa shape index (κ3) is 1.69. The van der Waals surface area contributed by atoms with E-state index < -0.39 is 0 Å². The van der Waals surface area contributed by atoms with Crippen LogP contribution in [0.25, 0.3) is 17.0 Å². The quantitative estimate of drug-likeness (QED) is 0.684. The highest BCUT2D eigenvalue weighted by molar-refractivity contribution is 5.60. The van der Waals surface area contributed by atoms with Crippen LogP contribution in [0, 0.1) is 0 Å². The first-order valence-corrected chi connectivity index (χ1v) is 5.68. The summed E-state index contributed by atoms with van der Waals surface area (Å²) in [6.45, 7) is 0. The fourth-order valence-electron chi connectivity index (χ4n) is 1.83. The average molecular weight is 239 g/mol. The molecule has 0 fully saturated rings. The van der Waals surface area contributed by atoms with Gasteiger partial charge in [-0.2, -0.15) is 0 Å². The van der Waals surface area contributed by atoms with Gasteiger partial charge in [-0.1, -0.05) is 6.07 Å². The molecule has 0 aliphatic carbocycles. The van der Waals surface area contributed by atoms with Gasteiger partial charge in [0.1, 0.15) is 5.65 Å². The zero-order valence-corrected chi connectivity index (χ0v) is 10.3. The van der Waals surface area contributed by atoms with Gasteiger partial charge in [-0.05, 0) is 18.2 Å². The molecule has 0 bridgehead atoms. The summed E-state index contributed by atoms with van der Waals surface area (Å²) in [4.78, 5) is 15.0. The minimum absolute atomic E-state index is 0.693. The van der Waals surface area contributed by atoms with Gasteiger partial charge in [0.05, 0.1) is 17.6 Å². The molecule has 5 heteroatoms. The van der Waals surface area contributed by atoms with E-state index in [2.05, 4.69) is 15.0 Å². The van der Waals surface area contributed by atoms with Crippen LogP contribution in [0.1, 0.15) is 0 Å². The zero-order chi connectivity index (χ0) is 12.5. The zero-order valence-electron chi connectivity index (χ0n) is 10.3. The summed E-state index contributed by atoms with van der Waals surface area (Å²) in [6.07, 6.45) is 5.58. The van der Waals surface area contributed by atoms with Crippen LogP contribution in [0.4, 0.5) is 5.95 Å². The summed E-state index contributed by atoms with van der Waals surface area (Å²) in [7, 11) is 3.85. The Labute approximate surface area is 105 Å². The van der Waals surface area contributed by atoms with E-state index in [1.807, 2.05) is 60.1 Å². The van der Waals surface area contributed by atoms with Crippen LogP contribution in [0.15, 0.2) is 42.9 Å². The summed E-state index contributed by atoms with van der Waals surface area (Å²) in [5.41, 5.74) is 2.75. The van der Waals surface area contributed by atoms with Crippen molar-refractivity contribution in [2.24, 2.45) is 0 Å². The number of nitrogens with zero attached hydrogens (tertiary/aromatic N) is 5. The van der Waals surface area contributed by atoms with Gasteiger partial charge in [0.25, 0.3) is 0 Å². The number of hydrogen-bond acceptors (Lipinski definition) is 4. The van der Waals surface area contributed by atoms with E-state index in [1.54, 1.807) is 6.20 Å². The highest BCUT2D eigenvalue weighted by Gasteiger charge is 2.08. The molecule has 0 radical (unpaired) electrons. The molecule has 0 saturated heterocycles. The first-order valence-electron chi connectivity index (χ1n) is 5.68. The largest absolute Gasteiger partial charge is 0.347 e. The highest BCUT2D eigenvalue weighted by Crippen LogP contribution is 2.19. The van der Waals surface area contributed by atoms with Crippen molar-refractivity contribution in [3.63, 3.8) is 0 Å². The monoisotopic (exact) mass is 239 g/mol. The maximum Gasteiger partial charge on any atom is 0.225 e. The third-order valence-electron chi connectivity index (χ3n) is 2.72.